The smallest absolute Gasteiger partial charge is 0.0378 e. The Hall–Kier alpha value is -0.430. The van der Waals surface area contributed by atoms with E-state index >= 15 is 0 Å². The maximum atomic E-state index is 5.22. The zero-order chi connectivity index (χ0) is 8.43. The second-order valence-corrected chi connectivity index (χ2v) is 3.65. The van der Waals surface area contributed by atoms with E-state index in [1.807, 2.05) is 0 Å². The molecule has 1 aromatic rings. The average Bonchev–Trinajstić information content (AvgIpc) is 1.85. The lowest BCUT2D eigenvalue weighted by Gasteiger charge is -2.10. The largest absolute Gasteiger partial charge is 0.0856 e. The van der Waals surface area contributed by atoms with Crippen LogP contribution in [-0.2, 0) is 0 Å². The van der Waals surface area contributed by atoms with Crippen molar-refractivity contribution in [2.45, 2.75) is 26.0 Å². The summed E-state index contributed by atoms with van der Waals surface area (Å²) in [7, 11) is 0. The van der Waals surface area contributed by atoms with E-state index in [1.165, 1.54) is 16.7 Å². The third kappa shape index (κ3) is 1.78. The third-order valence-electron chi connectivity index (χ3n) is 1.95. The zero-order valence-electron chi connectivity index (χ0n) is 7.22. The fraction of sp³-hybridized carbons (Fsp3) is 0.400. The highest BCUT2D eigenvalue weighted by molar-refractivity contribution is 7.80. The second-order valence-electron chi connectivity index (χ2n) is 2.95. The molecule has 0 aromatic heterocycles. The first-order valence-electron chi connectivity index (χ1n) is 3.85. The van der Waals surface area contributed by atoms with E-state index in [9.17, 15) is 0 Å². The molecule has 0 N–H and O–H groups in total. The van der Waals surface area contributed by atoms with Crippen LogP contribution in [0.4, 0.5) is 0 Å². The van der Waals surface area contributed by atoms with Gasteiger partial charge in [-0.3, -0.25) is 0 Å². The highest BCUT2D eigenvalue weighted by Gasteiger charge is 2.06. The van der Waals surface area contributed by atoms with E-state index in [2.05, 4.69) is 39.0 Å². The van der Waals surface area contributed by atoms with Crippen LogP contribution in [0, 0.1) is 13.8 Å². The summed E-state index contributed by atoms with van der Waals surface area (Å²) in [6.07, 6.45) is 0. The van der Waals surface area contributed by atoms with Crippen LogP contribution in [0.1, 0.15) is 28.9 Å². The van der Waals surface area contributed by atoms with Crippen LogP contribution in [0.15, 0.2) is 18.2 Å². The Balaban J connectivity index is 3.21. The maximum Gasteiger partial charge on any atom is 0.0378 e. The highest BCUT2D eigenvalue weighted by atomic mass is 32.1. The van der Waals surface area contributed by atoms with Gasteiger partial charge in [-0.15, -0.1) is 0 Å². The van der Waals surface area contributed by atoms with Crippen molar-refractivity contribution in [2.75, 3.05) is 0 Å². The van der Waals surface area contributed by atoms with E-state index < -0.39 is 0 Å². The monoisotopic (exact) mass is 165 g/mol. The first-order valence-corrected chi connectivity index (χ1v) is 4.32. The number of benzene rings is 1. The maximum absolute atomic E-state index is 5.22. The Bertz CT molecular complexity index is 231. The molecule has 0 spiro atoms. The van der Waals surface area contributed by atoms with Crippen molar-refractivity contribution in [2.24, 2.45) is 0 Å². The lowest BCUT2D eigenvalue weighted by atomic mass is 10.0. The molecule has 1 heteroatoms. The second kappa shape index (κ2) is 3.31. The summed E-state index contributed by atoms with van der Waals surface area (Å²) in [5.41, 5.74) is 3.95. The molecule has 11 heavy (non-hydrogen) atoms. The molecule has 1 unspecified atom stereocenters. The van der Waals surface area contributed by atoms with Crippen LogP contribution in [0.25, 0.3) is 0 Å². The van der Waals surface area contributed by atoms with Gasteiger partial charge in [-0.25, -0.2) is 0 Å². The van der Waals surface area contributed by atoms with Gasteiger partial charge >= 0.3 is 0 Å². The molecule has 0 saturated carbocycles. The molecule has 1 radical (unpaired) electrons. The van der Waals surface area contributed by atoms with Crippen molar-refractivity contribution in [3.63, 3.8) is 0 Å². The first-order chi connectivity index (χ1) is 5.13. The third-order valence-corrected chi connectivity index (χ3v) is 2.18. The van der Waals surface area contributed by atoms with E-state index in [4.69, 9.17) is 12.6 Å². The number of rotatable bonds is 1. The minimum atomic E-state index is 0.233. The van der Waals surface area contributed by atoms with E-state index in [0.717, 1.165) is 0 Å². The molecule has 0 aliphatic heterocycles. The molecule has 0 saturated heterocycles. The lowest BCUT2D eigenvalue weighted by molar-refractivity contribution is 1.06. The number of aryl methyl sites for hydroxylation is 2. The van der Waals surface area contributed by atoms with Crippen LogP contribution in [0.5, 0.6) is 0 Å². The molecule has 1 rings (SSSR count). The number of hydrogen-bond donors (Lipinski definition) is 0. The average molecular weight is 165 g/mol. The summed E-state index contributed by atoms with van der Waals surface area (Å²) < 4.78 is 0. The first kappa shape index (κ1) is 8.66. The molecular formula is C10H13S. The summed E-state index contributed by atoms with van der Waals surface area (Å²) in [5, 5.41) is 0.233. The predicted octanol–water partition coefficient (Wildman–Crippen LogP) is 3.56. The van der Waals surface area contributed by atoms with Gasteiger partial charge in [0.25, 0.3) is 0 Å². The number of hydrogen-bond acceptors (Lipinski definition) is 0. The van der Waals surface area contributed by atoms with Crippen LogP contribution < -0.4 is 0 Å². The summed E-state index contributed by atoms with van der Waals surface area (Å²) in [4.78, 5) is 0. The molecule has 0 aliphatic rings. The topological polar surface area (TPSA) is 0 Å². The van der Waals surface area contributed by atoms with Crippen LogP contribution in [0.2, 0.25) is 0 Å². The van der Waals surface area contributed by atoms with Crippen LogP contribution in [0.3, 0.4) is 0 Å². The zero-order valence-corrected chi connectivity index (χ0v) is 8.03. The molecule has 1 atom stereocenters. The van der Waals surface area contributed by atoms with Gasteiger partial charge in [-0.05, 0) is 37.5 Å². The molecule has 0 aliphatic carbocycles. The van der Waals surface area contributed by atoms with Crippen molar-refractivity contribution in [1.82, 2.24) is 0 Å². The van der Waals surface area contributed by atoms with E-state index in [0.29, 0.717) is 0 Å². The molecule has 0 nitrogen and oxygen atoms in total. The van der Waals surface area contributed by atoms with Gasteiger partial charge in [0.2, 0.25) is 0 Å². The normalized spacial score (nSPS) is 13.1. The summed E-state index contributed by atoms with van der Waals surface area (Å²) in [6.45, 7) is 6.29. The quantitative estimate of drug-likeness (QED) is 0.597. The van der Waals surface area contributed by atoms with E-state index in [-0.39, 0.29) is 5.25 Å². The molecule has 59 valence electrons. The molecular weight excluding hydrogens is 152 g/mol. The van der Waals surface area contributed by atoms with Gasteiger partial charge in [0.05, 0.1) is 0 Å². The Morgan fingerprint density at radius 1 is 1.18 bits per heavy atom. The molecule has 0 bridgehead atoms. The Kier molecular flexibility index (Phi) is 2.61. The van der Waals surface area contributed by atoms with Gasteiger partial charge in [0.1, 0.15) is 0 Å². The van der Waals surface area contributed by atoms with Crippen molar-refractivity contribution >= 4 is 12.6 Å². The molecule has 0 fully saturated rings. The molecule has 0 heterocycles. The Morgan fingerprint density at radius 3 is 1.91 bits per heavy atom. The Labute approximate surface area is 74.0 Å². The van der Waals surface area contributed by atoms with Gasteiger partial charge < -0.3 is 0 Å². The minimum Gasteiger partial charge on any atom is -0.0856 e. The Morgan fingerprint density at radius 2 is 1.64 bits per heavy atom. The van der Waals surface area contributed by atoms with Gasteiger partial charge in [0, 0.05) is 5.25 Å². The van der Waals surface area contributed by atoms with Gasteiger partial charge in [-0.2, -0.15) is 0 Å². The summed E-state index contributed by atoms with van der Waals surface area (Å²) >= 11 is 5.22. The molecule has 0 amide bonds. The SMILES string of the molecule is Cc1cccc(C)c1C(C)[S]. The van der Waals surface area contributed by atoms with Crippen LogP contribution >= 0.6 is 12.6 Å². The fourth-order valence-electron chi connectivity index (χ4n) is 1.47. The minimum absolute atomic E-state index is 0.233. The predicted molar refractivity (Wildman–Crippen MR) is 51.9 cm³/mol. The molecule has 1 aromatic carbocycles. The summed E-state index contributed by atoms with van der Waals surface area (Å²) in [5.74, 6) is 0. The van der Waals surface area contributed by atoms with Crippen molar-refractivity contribution in [3.05, 3.63) is 34.9 Å². The van der Waals surface area contributed by atoms with Crippen LogP contribution in [-0.4, -0.2) is 0 Å². The summed E-state index contributed by atoms with van der Waals surface area (Å²) in [6, 6.07) is 6.31. The van der Waals surface area contributed by atoms with Crippen molar-refractivity contribution < 1.29 is 0 Å². The van der Waals surface area contributed by atoms with Crippen molar-refractivity contribution in [3.8, 4) is 0 Å². The van der Waals surface area contributed by atoms with Crippen molar-refractivity contribution in [1.29, 1.82) is 0 Å². The standard InChI is InChI=1S/C10H13S/c1-7-5-4-6-8(2)10(7)9(3)11/h4-6,9H,1-3H3. The fourth-order valence-corrected chi connectivity index (χ4v) is 1.84. The van der Waals surface area contributed by atoms with E-state index in [1.54, 1.807) is 0 Å². The van der Waals surface area contributed by atoms with Gasteiger partial charge in [-0.1, -0.05) is 30.8 Å². The van der Waals surface area contributed by atoms with Gasteiger partial charge in [0.15, 0.2) is 0 Å². The highest BCUT2D eigenvalue weighted by Crippen LogP contribution is 2.25. The lowest BCUT2D eigenvalue weighted by Crippen LogP contribution is -1.92.